The fourth-order valence-corrected chi connectivity index (χ4v) is 1.67. The molecule has 15 nitrogen and oxygen atoms in total. The van der Waals surface area contributed by atoms with Crippen LogP contribution in [0.5, 0.6) is 5.75 Å². The highest BCUT2D eigenvalue weighted by molar-refractivity contribution is 5.77. The summed E-state index contributed by atoms with van der Waals surface area (Å²) in [5.74, 6) is -3.42. The lowest BCUT2D eigenvalue weighted by Gasteiger charge is -2.07. The molecular weight excluding hydrogens is 458 g/mol. The van der Waals surface area contributed by atoms with Gasteiger partial charge in [-0.1, -0.05) is 0 Å². The number of hydrogen-bond acceptors (Lipinski definition) is 11. The van der Waals surface area contributed by atoms with Gasteiger partial charge in [0.15, 0.2) is 0 Å². The lowest BCUT2D eigenvalue weighted by Crippen LogP contribution is -2.31. The van der Waals surface area contributed by atoms with Crippen molar-refractivity contribution in [2.24, 2.45) is 22.9 Å². The van der Waals surface area contributed by atoms with Crippen molar-refractivity contribution in [1.29, 1.82) is 0 Å². The normalized spacial score (nSPS) is 10.2. The molecular formula is C19H35N5O10. The molecule has 1 aromatic heterocycles. The zero-order valence-electron chi connectivity index (χ0n) is 18.9. The predicted molar refractivity (Wildman–Crippen MR) is 119 cm³/mol. The lowest BCUT2D eigenvalue weighted by atomic mass is 10.1. The summed E-state index contributed by atoms with van der Waals surface area (Å²) in [6, 6.07) is -0.979. The van der Waals surface area contributed by atoms with Gasteiger partial charge in [-0.3, -0.25) is 24.2 Å². The number of pyridine rings is 1. The van der Waals surface area contributed by atoms with Gasteiger partial charge in [-0.2, -0.15) is 0 Å². The molecule has 0 radical (unpaired) electrons. The van der Waals surface area contributed by atoms with Gasteiger partial charge in [0.1, 0.15) is 11.8 Å². The summed E-state index contributed by atoms with van der Waals surface area (Å²) in [5.41, 5.74) is 20.7. The Morgan fingerprint density at radius 3 is 1.82 bits per heavy atom. The van der Waals surface area contributed by atoms with E-state index in [0.29, 0.717) is 29.8 Å². The Bertz CT molecular complexity index is 761. The number of aliphatic hydroxyl groups is 2. The van der Waals surface area contributed by atoms with Crippen molar-refractivity contribution < 1.29 is 49.8 Å². The van der Waals surface area contributed by atoms with Crippen molar-refractivity contribution in [2.75, 3.05) is 13.1 Å². The zero-order valence-corrected chi connectivity index (χ0v) is 18.9. The minimum absolute atomic E-state index is 0.0213. The zero-order chi connectivity index (χ0) is 27.3. The first-order valence-electron chi connectivity index (χ1n) is 9.77. The van der Waals surface area contributed by atoms with Gasteiger partial charge in [0.05, 0.1) is 25.5 Å². The number of nitrogens with two attached hydrogens (primary N) is 4. The number of aliphatic hydroxyl groups excluding tert-OH is 2. The average Bonchev–Trinajstić information content (AvgIpc) is 2.78. The molecule has 34 heavy (non-hydrogen) atoms. The molecule has 0 spiro atoms. The predicted octanol–water partition coefficient (Wildman–Crippen LogP) is -2.42. The van der Waals surface area contributed by atoms with Crippen LogP contribution in [-0.4, -0.2) is 78.6 Å². The Morgan fingerprint density at radius 1 is 1.00 bits per heavy atom. The number of aryl methyl sites for hydroxylation is 1. The maximum absolute atomic E-state index is 10.1. The fraction of sp³-hybridized carbons (Fsp3) is 0.526. The third-order valence-corrected chi connectivity index (χ3v) is 3.55. The SMILES string of the molecule is Cc1ncc(CO)c(CO)c1O.NC(=O)CC[C@H](N)C(=O)O.NCC(=O)O.NCCCC(=O)O. The third kappa shape index (κ3) is 20.5. The average molecular weight is 494 g/mol. The summed E-state index contributed by atoms with van der Waals surface area (Å²) in [4.78, 5) is 42.9. The van der Waals surface area contributed by atoms with Gasteiger partial charge in [-0.25, -0.2) is 0 Å². The second-order valence-corrected chi connectivity index (χ2v) is 6.35. The van der Waals surface area contributed by atoms with E-state index >= 15 is 0 Å². The Balaban J connectivity index is -0.000000397. The first-order valence-corrected chi connectivity index (χ1v) is 9.77. The highest BCUT2D eigenvalue weighted by Crippen LogP contribution is 2.23. The number of hydrogen-bond donors (Lipinski definition) is 10. The molecule has 0 aliphatic heterocycles. The Kier molecular flexibility index (Phi) is 22.2. The van der Waals surface area contributed by atoms with Crippen molar-refractivity contribution in [1.82, 2.24) is 4.98 Å². The van der Waals surface area contributed by atoms with Gasteiger partial charge in [-0.05, 0) is 26.3 Å². The molecule has 196 valence electrons. The number of carbonyl (C=O) groups excluding carboxylic acids is 1. The summed E-state index contributed by atoms with van der Waals surface area (Å²) < 4.78 is 0. The van der Waals surface area contributed by atoms with Gasteiger partial charge >= 0.3 is 17.9 Å². The van der Waals surface area contributed by atoms with Gasteiger partial charge in [0, 0.05) is 30.2 Å². The number of aromatic nitrogens is 1. The largest absolute Gasteiger partial charge is 0.506 e. The number of nitrogens with zero attached hydrogens (tertiary/aromatic N) is 1. The number of carbonyl (C=O) groups is 4. The molecule has 15 heteroatoms. The quantitative estimate of drug-likeness (QED) is 0.162. The van der Waals surface area contributed by atoms with Crippen LogP contribution in [0.15, 0.2) is 6.20 Å². The van der Waals surface area contributed by atoms with Crippen molar-refractivity contribution >= 4 is 23.8 Å². The van der Waals surface area contributed by atoms with E-state index in [1.807, 2.05) is 0 Å². The summed E-state index contributed by atoms with van der Waals surface area (Å²) in [5, 5.41) is 50.8. The summed E-state index contributed by atoms with van der Waals surface area (Å²) >= 11 is 0. The topological polar surface area (TPSA) is 307 Å². The van der Waals surface area contributed by atoms with Crippen LogP contribution in [0, 0.1) is 6.92 Å². The first kappa shape index (κ1) is 35.2. The van der Waals surface area contributed by atoms with E-state index in [9.17, 15) is 24.3 Å². The molecule has 0 saturated heterocycles. The Morgan fingerprint density at radius 2 is 1.53 bits per heavy atom. The van der Waals surface area contributed by atoms with Crippen LogP contribution < -0.4 is 22.9 Å². The number of aliphatic carboxylic acids is 3. The van der Waals surface area contributed by atoms with Crippen LogP contribution in [0.25, 0.3) is 0 Å². The second-order valence-electron chi connectivity index (χ2n) is 6.35. The van der Waals surface area contributed by atoms with Gasteiger partial charge in [0.25, 0.3) is 0 Å². The molecule has 1 amide bonds. The summed E-state index contributed by atoms with van der Waals surface area (Å²) in [6.45, 7) is 1.31. The van der Waals surface area contributed by atoms with Crippen molar-refractivity contribution in [2.45, 2.75) is 51.9 Å². The minimum Gasteiger partial charge on any atom is -0.506 e. The van der Waals surface area contributed by atoms with Crippen molar-refractivity contribution in [3.05, 3.63) is 23.0 Å². The van der Waals surface area contributed by atoms with E-state index in [4.69, 9.17) is 42.7 Å². The van der Waals surface area contributed by atoms with E-state index < -0.39 is 29.9 Å². The van der Waals surface area contributed by atoms with Crippen molar-refractivity contribution in [3.63, 3.8) is 0 Å². The van der Waals surface area contributed by atoms with Crippen LogP contribution in [0.4, 0.5) is 0 Å². The van der Waals surface area contributed by atoms with Crippen LogP contribution in [0.2, 0.25) is 0 Å². The van der Waals surface area contributed by atoms with Crippen LogP contribution >= 0.6 is 0 Å². The number of aromatic hydroxyl groups is 1. The molecule has 1 rings (SSSR count). The van der Waals surface area contributed by atoms with E-state index in [-0.39, 0.29) is 44.8 Å². The Hall–Kier alpha value is -3.37. The number of amides is 1. The molecule has 0 bridgehead atoms. The second kappa shape index (κ2) is 21.5. The number of rotatable bonds is 10. The molecule has 1 heterocycles. The minimum atomic E-state index is -1.11. The fourth-order valence-electron chi connectivity index (χ4n) is 1.67. The summed E-state index contributed by atoms with van der Waals surface area (Å²) in [7, 11) is 0. The maximum Gasteiger partial charge on any atom is 0.320 e. The molecule has 0 fully saturated rings. The van der Waals surface area contributed by atoms with Crippen LogP contribution in [0.1, 0.15) is 42.5 Å². The van der Waals surface area contributed by atoms with E-state index in [0.717, 1.165) is 0 Å². The number of carboxylic acid groups (broad SMARTS) is 3. The number of primary amides is 1. The van der Waals surface area contributed by atoms with Crippen LogP contribution in [0.3, 0.4) is 0 Å². The van der Waals surface area contributed by atoms with Crippen LogP contribution in [-0.2, 0) is 32.4 Å². The molecule has 14 N–H and O–H groups in total. The smallest absolute Gasteiger partial charge is 0.320 e. The number of carboxylic acids is 3. The lowest BCUT2D eigenvalue weighted by molar-refractivity contribution is -0.139. The molecule has 0 aliphatic rings. The maximum atomic E-state index is 10.1. The molecule has 0 unspecified atom stereocenters. The van der Waals surface area contributed by atoms with Crippen molar-refractivity contribution in [3.8, 4) is 5.75 Å². The molecule has 0 aliphatic carbocycles. The highest BCUT2D eigenvalue weighted by atomic mass is 16.4. The van der Waals surface area contributed by atoms with E-state index in [2.05, 4.69) is 10.7 Å². The Labute approximate surface area is 196 Å². The van der Waals surface area contributed by atoms with E-state index in [1.165, 1.54) is 6.20 Å². The third-order valence-electron chi connectivity index (χ3n) is 3.55. The molecule has 0 saturated carbocycles. The van der Waals surface area contributed by atoms with Gasteiger partial charge in [-0.15, -0.1) is 0 Å². The van der Waals surface area contributed by atoms with E-state index in [1.54, 1.807) is 6.92 Å². The molecule has 1 aromatic rings. The molecule has 1 atom stereocenters. The highest BCUT2D eigenvalue weighted by Gasteiger charge is 2.11. The van der Waals surface area contributed by atoms with Gasteiger partial charge in [0.2, 0.25) is 5.91 Å². The summed E-state index contributed by atoms with van der Waals surface area (Å²) in [6.07, 6.45) is 2.34. The van der Waals surface area contributed by atoms with Gasteiger partial charge < -0.3 is 53.6 Å². The first-order chi connectivity index (χ1) is 15.8. The molecule has 0 aromatic carbocycles. The monoisotopic (exact) mass is 493 g/mol. The standard InChI is InChI=1S/C8H11NO3.C5H10N2O3.C4H9NO2.C2H5NO2/c1-5-8(12)7(4-11)6(3-10)2-9-5;6-3(5(9)10)1-2-4(7)8;5-3-1-2-4(6)7;3-1-2(4)5/h2,10-12H,3-4H2,1H3;3H,1-2,6H2,(H2,7,8)(H,9,10);1-3,5H2,(H,6,7);1,3H2,(H,4,5)/t;3-;;/m.0../s1.